The Morgan fingerprint density at radius 3 is 2.41 bits per heavy atom. The van der Waals surface area contributed by atoms with Gasteiger partial charge in [-0.1, -0.05) is 40.2 Å². The van der Waals surface area contributed by atoms with E-state index in [1.165, 1.54) is 6.07 Å². The number of aromatic hydroxyl groups is 1. The fraction of sp³-hybridized carbons (Fsp3) is 0.211. The van der Waals surface area contributed by atoms with Gasteiger partial charge in [0.2, 0.25) is 11.8 Å². The Hall–Kier alpha value is -2.71. The third kappa shape index (κ3) is 2.72. The summed E-state index contributed by atoms with van der Waals surface area (Å²) in [6.45, 7) is 0. The minimum absolute atomic E-state index is 0.0547. The van der Waals surface area contributed by atoms with Crippen molar-refractivity contribution in [1.29, 1.82) is 0 Å². The monoisotopic (exact) mass is 430 g/mol. The summed E-state index contributed by atoms with van der Waals surface area (Å²) in [6.07, 6.45) is 0. The highest BCUT2D eigenvalue weighted by molar-refractivity contribution is 9.10. The molecule has 0 aromatic heterocycles. The molecule has 27 heavy (non-hydrogen) atoms. The second kappa shape index (κ2) is 6.47. The quantitative estimate of drug-likeness (QED) is 0.643. The predicted molar refractivity (Wildman–Crippen MR) is 99.0 cm³/mol. The van der Waals surface area contributed by atoms with Gasteiger partial charge in [0.15, 0.2) is 0 Å². The molecule has 4 rings (SSSR count). The van der Waals surface area contributed by atoms with E-state index < -0.39 is 41.7 Å². The number of phenols is 1. The Morgan fingerprint density at radius 1 is 1.04 bits per heavy atom. The van der Waals surface area contributed by atoms with Gasteiger partial charge in [0, 0.05) is 16.1 Å². The number of phenolic OH excluding ortho intramolecular Hbond substituents is 1. The van der Waals surface area contributed by atoms with Gasteiger partial charge in [-0.05, 0) is 24.3 Å². The molecule has 0 radical (unpaired) electrons. The van der Waals surface area contributed by atoms with Gasteiger partial charge in [0.25, 0.3) is 0 Å². The molecular weight excluding hydrogens is 416 g/mol. The van der Waals surface area contributed by atoms with Crippen LogP contribution in [0, 0.1) is 11.8 Å². The molecule has 3 N–H and O–H groups in total. The number of hydrogen-bond donors (Lipinski definition) is 3. The summed E-state index contributed by atoms with van der Waals surface area (Å²) in [7, 11) is 0. The number of aliphatic carboxylic acids is 1. The summed E-state index contributed by atoms with van der Waals surface area (Å²) in [5.74, 6) is -4.25. The van der Waals surface area contributed by atoms with Gasteiger partial charge in [-0.15, -0.1) is 0 Å². The zero-order valence-electron chi connectivity index (χ0n) is 13.9. The van der Waals surface area contributed by atoms with Crippen molar-refractivity contribution < 1.29 is 24.6 Å². The van der Waals surface area contributed by atoms with E-state index in [2.05, 4.69) is 21.2 Å². The molecule has 2 aliphatic heterocycles. The SMILES string of the molecule is O=C(O)[C@@H]1N[C@H](c2ccccc2O)[C@H]2C(=O)N(c3cccc(Br)c3)C(=O)[C@@H]21. The Balaban J connectivity index is 1.80. The first-order valence-electron chi connectivity index (χ1n) is 8.30. The zero-order valence-corrected chi connectivity index (χ0v) is 15.5. The number of hydrogen-bond acceptors (Lipinski definition) is 5. The van der Waals surface area contributed by atoms with Crippen LogP contribution in [0.25, 0.3) is 0 Å². The molecule has 0 bridgehead atoms. The number of benzene rings is 2. The Morgan fingerprint density at radius 2 is 1.74 bits per heavy atom. The van der Waals surface area contributed by atoms with Gasteiger partial charge in [-0.2, -0.15) is 0 Å². The highest BCUT2D eigenvalue weighted by atomic mass is 79.9. The van der Waals surface area contributed by atoms with Crippen LogP contribution in [0.3, 0.4) is 0 Å². The van der Waals surface area contributed by atoms with Crippen LogP contribution >= 0.6 is 15.9 Å². The standard InChI is InChI=1S/C19H15BrN2O5/c20-9-4-3-5-10(8-9)22-17(24)13-14(18(22)25)16(19(26)27)21-15(13)11-6-1-2-7-12(11)23/h1-8,13-16,21,23H,(H,26,27)/t13-,14-,15+,16+/m0/s1. The molecule has 8 heteroatoms. The number of para-hydroxylation sites is 1. The van der Waals surface area contributed by atoms with Crippen molar-refractivity contribution in [2.45, 2.75) is 12.1 Å². The molecule has 0 unspecified atom stereocenters. The zero-order chi connectivity index (χ0) is 19.3. The first-order chi connectivity index (χ1) is 12.9. The maximum atomic E-state index is 13.1. The maximum Gasteiger partial charge on any atom is 0.321 e. The number of carboxylic acids is 1. The Bertz CT molecular complexity index is 963. The van der Waals surface area contributed by atoms with Crippen LogP contribution in [-0.2, 0) is 14.4 Å². The molecule has 4 atom stereocenters. The number of halogens is 1. The number of carbonyl (C=O) groups is 3. The fourth-order valence-corrected chi connectivity index (χ4v) is 4.33. The van der Waals surface area contributed by atoms with Gasteiger partial charge in [-0.3, -0.25) is 19.7 Å². The van der Waals surface area contributed by atoms with Crippen molar-refractivity contribution in [2.75, 3.05) is 4.90 Å². The van der Waals surface area contributed by atoms with Gasteiger partial charge in [-0.25, -0.2) is 4.90 Å². The lowest BCUT2D eigenvalue weighted by Crippen LogP contribution is -2.43. The number of nitrogens with zero attached hydrogens (tertiary/aromatic N) is 1. The van der Waals surface area contributed by atoms with E-state index >= 15 is 0 Å². The van der Waals surface area contributed by atoms with Gasteiger partial charge in [0.05, 0.1) is 17.5 Å². The van der Waals surface area contributed by atoms with Crippen molar-refractivity contribution in [1.82, 2.24) is 5.32 Å². The molecule has 0 spiro atoms. The molecule has 138 valence electrons. The Labute approximate surface area is 162 Å². The van der Waals surface area contributed by atoms with Crippen molar-refractivity contribution >= 4 is 39.4 Å². The van der Waals surface area contributed by atoms with Crippen molar-refractivity contribution in [3.63, 3.8) is 0 Å². The molecule has 7 nitrogen and oxygen atoms in total. The van der Waals surface area contributed by atoms with E-state index in [0.717, 1.165) is 4.90 Å². The van der Waals surface area contributed by atoms with E-state index in [1.807, 2.05) is 0 Å². The number of nitrogens with one attached hydrogen (secondary N) is 1. The number of fused-ring (bicyclic) bond motifs is 1. The van der Waals surface area contributed by atoms with Gasteiger partial charge >= 0.3 is 5.97 Å². The van der Waals surface area contributed by atoms with Crippen LogP contribution in [0.2, 0.25) is 0 Å². The van der Waals surface area contributed by atoms with Gasteiger partial charge < -0.3 is 10.2 Å². The third-order valence-electron chi connectivity index (χ3n) is 5.08. The highest BCUT2D eigenvalue weighted by Crippen LogP contribution is 2.47. The number of rotatable bonds is 3. The van der Waals surface area contributed by atoms with Crippen LogP contribution in [-0.4, -0.2) is 34.0 Å². The number of carbonyl (C=O) groups excluding carboxylic acids is 2. The van der Waals surface area contributed by atoms with Crippen LogP contribution in [0.1, 0.15) is 11.6 Å². The molecule has 2 fully saturated rings. The fourth-order valence-electron chi connectivity index (χ4n) is 3.94. The van der Waals surface area contributed by atoms with E-state index in [-0.39, 0.29) is 5.75 Å². The van der Waals surface area contributed by atoms with Gasteiger partial charge in [0.1, 0.15) is 11.8 Å². The van der Waals surface area contributed by atoms with Crippen molar-refractivity contribution in [3.8, 4) is 5.75 Å². The summed E-state index contributed by atoms with van der Waals surface area (Å²) in [6, 6.07) is 11.1. The molecule has 0 saturated carbocycles. The van der Waals surface area contributed by atoms with E-state index in [9.17, 15) is 24.6 Å². The molecule has 2 saturated heterocycles. The number of imide groups is 1. The number of amides is 2. The minimum Gasteiger partial charge on any atom is -0.508 e. The van der Waals surface area contributed by atoms with E-state index in [1.54, 1.807) is 42.5 Å². The predicted octanol–water partition coefficient (Wildman–Crippen LogP) is 2.06. The lowest BCUT2D eigenvalue weighted by atomic mass is 9.86. The summed E-state index contributed by atoms with van der Waals surface area (Å²) < 4.78 is 0.697. The normalized spacial score (nSPS) is 27.1. The van der Waals surface area contributed by atoms with Crippen LogP contribution < -0.4 is 10.2 Å². The smallest absolute Gasteiger partial charge is 0.321 e. The average molecular weight is 431 g/mol. The minimum atomic E-state index is -1.21. The van der Waals surface area contributed by atoms with E-state index in [4.69, 9.17) is 0 Å². The lowest BCUT2D eigenvalue weighted by Gasteiger charge is -2.22. The highest BCUT2D eigenvalue weighted by Gasteiger charge is 2.61. The largest absolute Gasteiger partial charge is 0.508 e. The molecule has 2 heterocycles. The number of anilines is 1. The van der Waals surface area contributed by atoms with Crippen molar-refractivity contribution in [2.24, 2.45) is 11.8 Å². The lowest BCUT2D eigenvalue weighted by molar-refractivity contribution is -0.142. The average Bonchev–Trinajstić information content (AvgIpc) is 3.13. The Kier molecular flexibility index (Phi) is 4.24. The first-order valence-corrected chi connectivity index (χ1v) is 9.09. The molecular formula is C19H15BrN2O5. The van der Waals surface area contributed by atoms with E-state index in [0.29, 0.717) is 15.7 Å². The summed E-state index contributed by atoms with van der Waals surface area (Å²) in [5.41, 5.74) is 0.780. The summed E-state index contributed by atoms with van der Waals surface area (Å²) >= 11 is 3.31. The summed E-state index contributed by atoms with van der Waals surface area (Å²) in [5, 5.41) is 22.6. The molecule has 2 amide bonds. The molecule has 2 aromatic carbocycles. The van der Waals surface area contributed by atoms with Crippen molar-refractivity contribution in [3.05, 3.63) is 58.6 Å². The molecule has 2 aromatic rings. The topological polar surface area (TPSA) is 107 Å². The van der Waals surface area contributed by atoms with Crippen LogP contribution in [0.15, 0.2) is 53.0 Å². The molecule has 0 aliphatic carbocycles. The van der Waals surface area contributed by atoms with Crippen LogP contribution in [0.5, 0.6) is 5.75 Å². The second-order valence-electron chi connectivity index (χ2n) is 6.56. The number of carboxylic acid groups (broad SMARTS) is 1. The second-order valence-corrected chi connectivity index (χ2v) is 7.48. The maximum absolute atomic E-state index is 13.1. The third-order valence-corrected chi connectivity index (χ3v) is 5.57. The summed E-state index contributed by atoms with van der Waals surface area (Å²) in [4.78, 5) is 38.9. The first kappa shape index (κ1) is 17.7. The van der Waals surface area contributed by atoms with Crippen LogP contribution in [0.4, 0.5) is 5.69 Å². The molecule has 2 aliphatic rings.